The van der Waals surface area contributed by atoms with Crippen molar-refractivity contribution in [2.75, 3.05) is 13.7 Å². The van der Waals surface area contributed by atoms with Crippen molar-refractivity contribution in [1.29, 1.82) is 0 Å². The largest absolute Gasteiger partial charge is 0.467 e. The highest BCUT2D eigenvalue weighted by Gasteiger charge is 2.47. The van der Waals surface area contributed by atoms with Crippen LogP contribution in [0.3, 0.4) is 0 Å². The molecule has 1 aromatic carbocycles. The van der Waals surface area contributed by atoms with Crippen LogP contribution >= 0.6 is 15.9 Å². The van der Waals surface area contributed by atoms with Gasteiger partial charge in [-0.25, -0.2) is 4.79 Å². The summed E-state index contributed by atoms with van der Waals surface area (Å²) in [6, 6.07) is 4.89. The lowest BCUT2D eigenvalue weighted by Gasteiger charge is -2.34. The number of benzene rings is 1. The summed E-state index contributed by atoms with van der Waals surface area (Å²) in [5, 5.41) is 0. The number of halogens is 1. The molecule has 0 aromatic heterocycles. The van der Waals surface area contributed by atoms with E-state index in [-0.39, 0.29) is 24.3 Å². The number of ether oxygens (including phenoxy) is 2. The number of likely N-dealkylation sites (tertiary alicyclic amines) is 1. The average Bonchev–Trinajstić information content (AvgIpc) is 3.12. The van der Waals surface area contributed by atoms with Gasteiger partial charge >= 0.3 is 11.9 Å². The summed E-state index contributed by atoms with van der Waals surface area (Å²) < 4.78 is 41.9. The van der Waals surface area contributed by atoms with Crippen LogP contribution < -0.4 is 0 Å². The number of rotatable bonds is 7. The van der Waals surface area contributed by atoms with Gasteiger partial charge in [0.1, 0.15) is 11.6 Å². The molecule has 11 heteroatoms. The van der Waals surface area contributed by atoms with Gasteiger partial charge in [-0.1, -0.05) is 36.7 Å². The van der Waals surface area contributed by atoms with Crippen molar-refractivity contribution in [3.8, 4) is 0 Å². The lowest BCUT2D eigenvalue weighted by Crippen LogP contribution is -2.48. The minimum Gasteiger partial charge on any atom is -0.467 e. The first-order chi connectivity index (χ1) is 15.9. The van der Waals surface area contributed by atoms with E-state index in [4.69, 9.17) is 13.7 Å². The third-order valence-corrected chi connectivity index (χ3v) is 7.42. The van der Waals surface area contributed by atoms with E-state index >= 15 is 0 Å². The summed E-state index contributed by atoms with van der Waals surface area (Å²) in [6.07, 6.45) is -1.21. The molecule has 0 saturated carbocycles. The predicted molar refractivity (Wildman–Crippen MR) is 132 cm³/mol. The molecule has 1 heterocycles. The number of methoxy groups -OCH3 is 1. The lowest BCUT2D eigenvalue weighted by atomic mass is 9.77. The Hall–Kier alpha value is -1.98. The van der Waals surface area contributed by atoms with Crippen molar-refractivity contribution in [3.63, 3.8) is 0 Å². The Kier molecular flexibility index (Phi) is 9.16. The molecule has 1 fully saturated rings. The third-order valence-electron chi connectivity index (χ3n) is 5.52. The van der Waals surface area contributed by atoms with Gasteiger partial charge < -0.3 is 14.4 Å². The second-order valence-corrected chi connectivity index (χ2v) is 13.1. The number of carbonyl (C=O) groups excluding carboxylic acids is 3. The Morgan fingerprint density at radius 2 is 1.66 bits per heavy atom. The Morgan fingerprint density at radius 3 is 2.14 bits per heavy atom. The third kappa shape index (κ3) is 8.01. The van der Waals surface area contributed by atoms with E-state index in [1.807, 2.05) is 20.8 Å². The van der Waals surface area contributed by atoms with Crippen LogP contribution in [-0.4, -0.2) is 62.6 Å². The first-order valence-electron chi connectivity index (χ1n) is 11.2. The van der Waals surface area contributed by atoms with Gasteiger partial charge in [-0.2, -0.15) is 8.42 Å². The highest BCUT2D eigenvalue weighted by Crippen LogP contribution is 2.35. The van der Waals surface area contributed by atoms with Crippen LogP contribution in [0.4, 0.5) is 0 Å². The molecule has 0 radical (unpaired) electrons. The molecular weight excluding hydrogens is 542 g/mol. The van der Waals surface area contributed by atoms with E-state index in [0.717, 1.165) is 0 Å². The van der Waals surface area contributed by atoms with Crippen molar-refractivity contribution in [3.05, 3.63) is 28.7 Å². The monoisotopic (exact) mass is 575 g/mol. The molecule has 3 atom stereocenters. The number of amides is 1. The minimum atomic E-state index is -4.14. The van der Waals surface area contributed by atoms with Gasteiger partial charge in [0.2, 0.25) is 5.91 Å². The quantitative estimate of drug-likeness (QED) is 0.357. The number of carbonyl (C=O) groups is 3. The number of hydrogen-bond donors (Lipinski definition) is 0. The second-order valence-electron chi connectivity index (χ2n) is 10.6. The molecule has 0 bridgehead atoms. The van der Waals surface area contributed by atoms with Crippen molar-refractivity contribution in [1.82, 2.24) is 4.90 Å². The first-order valence-corrected chi connectivity index (χ1v) is 13.4. The maximum Gasteiger partial charge on any atom is 0.328 e. The molecule has 196 valence electrons. The van der Waals surface area contributed by atoms with Crippen LogP contribution in [-0.2, 0) is 38.2 Å². The predicted octanol–water partition coefficient (Wildman–Crippen LogP) is 3.69. The zero-order valence-electron chi connectivity index (χ0n) is 21.2. The fourth-order valence-electron chi connectivity index (χ4n) is 3.82. The molecule has 0 N–H and O–H groups in total. The van der Waals surface area contributed by atoms with Crippen LogP contribution in [0.15, 0.2) is 33.6 Å². The van der Waals surface area contributed by atoms with E-state index in [0.29, 0.717) is 4.47 Å². The van der Waals surface area contributed by atoms with Gasteiger partial charge in [0.05, 0.1) is 30.4 Å². The minimum absolute atomic E-state index is 0.0439. The summed E-state index contributed by atoms with van der Waals surface area (Å²) >= 11 is 3.25. The van der Waals surface area contributed by atoms with Gasteiger partial charge in [-0.05, 0) is 50.5 Å². The van der Waals surface area contributed by atoms with Gasteiger partial charge in [0.15, 0.2) is 0 Å². The van der Waals surface area contributed by atoms with Gasteiger partial charge in [0.25, 0.3) is 10.1 Å². The Balaban J connectivity index is 2.29. The average molecular weight is 577 g/mol. The standard InChI is InChI=1S/C24H34BrNO8S/c1-23(2,3)18(13-20(27)33-24(4,5)6)21(28)26-14-16(12-19(26)22(29)32-7)34-35(30,31)17-10-8-15(25)9-11-17/h8-11,16,18-19H,12-14H2,1-7H3/t16-,18+,19-/m0/s1. The molecule has 1 saturated heterocycles. The zero-order valence-corrected chi connectivity index (χ0v) is 23.6. The second kappa shape index (κ2) is 11.0. The maximum absolute atomic E-state index is 13.6. The molecule has 1 aliphatic heterocycles. The number of nitrogens with zero attached hydrogens (tertiary/aromatic N) is 1. The molecular formula is C24H34BrNO8S. The molecule has 1 aromatic rings. The van der Waals surface area contributed by atoms with Crippen LogP contribution in [0.25, 0.3) is 0 Å². The molecule has 0 unspecified atom stereocenters. The molecule has 0 aliphatic carbocycles. The Morgan fingerprint density at radius 1 is 1.09 bits per heavy atom. The highest BCUT2D eigenvalue weighted by molar-refractivity contribution is 9.10. The summed E-state index contributed by atoms with van der Waals surface area (Å²) in [6.45, 7) is 10.5. The summed E-state index contributed by atoms with van der Waals surface area (Å²) in [5.41, 5.74) is -1.36. The fourth-order valence-corrected chi connectivity index (χ4v) is 5.16. The Labute approximate surface area is 215 Å². The van der Waals surface area contributed by atoms with Crippen molar-refractivity contribution in [2.24, 2.45) is 11.3 Å². The number of hydrogen-bond acceptors (Lipinski definition) is 8. The van der Waals surface area contributed by atoms with Gasteiger partial charge in [0, 0.05) is 17.4 Å². The van der Waals surface area contributed by atoms with Crippen LogP contribution in [0.5, 0.6) is 0 Å². The number of esters is 2. The fraction of sp³-hybridized carbons (Fsp3) is 0.625. The molecule has 1 amide bonds. The van der Waals surface area contributed by atoms with E-state index in [2.05, 4.69) is 15.9 Å². The molecule has 0 spiro atoms. The van der Waals surface area contributed by atoms with Crippen LogP contribution in [0, 0.1) is 11.3 Å². The van der Waals surface area contributed by atoms with Crippen molar-refractivity contribution in [2.45, 2.75) is 77.0 Å². The Bertz CT molecular complexity index is 1040. The van der Waals surface area contributed by atoms with Crippen LogP contribution in [0.1, 0.15) is 54.4 Å². The zero-order chi connectivity index (χ0) is 26.8. The molecule has 35 heavy (non-hydrogen) atoms. The first kappa shape index (κ1) is 29.3. The van der Waals surface area contributed by atoms with E-state index in [9.17, 15) is 22.8 Å². The highest BCUT2D eigenvalue weighted by atomic mass is 79.9. The van der Waals surface area contributed by atoms with Gasteiger partial charge in [-0.3, -0.25) is 13.8 Å². The molecule has 9 nitrogen and oxygen atoms in total. The SMILES string of the molecule is COC(=O)[C@@H]1C[C@H](OS(=O)(=O)c2ccc(Br)cc2)CN1C(=O)[C@@H](CC(=O)OC(C)(C)C)C(C)(C)C. The van der Waals surface area contributed by atoms with E-state index in [1.54, 1.807) is 32.9 Å². The normalized spacial score (nSPS) is 19.8. The topological polar surface area (TPSA) is 116 Å². The van der Waals surface area contributed by atoms with Crippen LogP contribution in [0.2, 0.25) is 0 Å². The van der Waals surface area contributed by atoms with Crippen molar-refractivity contribution < 1.29 is 36.5 Å². The summed E-state index contributed by atoms with van der Waals surface area (Å²) in [4.78, 5) is 39.9. The van der Waals surface area contributed by atoms with E-state index < -0.39 is 57.0 Å². The lowest BCUT2D eigenvalue weighted by molar-refractivity contribution is -0.162. The summed E-state index contributed by atoms with van der Waals surface area (Å²) in [7, 11) is -2.94. The molecule has 1 aliphatic rings. The maximum atomic E-state index is 13.6. The van der Waals surface area contributed by atoms with Gasteiger partial charge in [-0.15, -0.1) is 0 Å². The molecule has 2 rings (SSSR count). The smallest absolute Gasteiger partial charge is 0.328 e. The summed E-state index contributed by atoms with van der Waals surface area (Å²) in [5.74, 6) is -2.50. The van der Waals surface area contributed by atoms with E-state index in [1.165, 1.54) is 24.1 Å². The van der Waals surface area contributed by atoms with Crippen molar-refractivity contribution >= 4 is 43.9 Å².